The van der Waals surface area contributed by atoms with Crippen molar-refractivity contribution in [2.75, 3.05) is 27.4 Å². The zero-order valence-electron chi connectivity index (χ0n) is 20.1. The highest BCUT2D eigenvalue weighted by Gasteiger charge is 2.37. The van der Waals surface area contributed by atoms with Gasteiger partial charge >= 0.3 is 14.8 Å². The van der Waals surface area contributed by atoms with E-state index in [1.165, 1.54) is 83.1 Å². The summed E-state index contributed by atoms with van der Waals surface area (Å²) in [4.78, 5) is 10.9. The standard InChI is InChI=1S/C24H48O5Si/c1-5-24(25)28-22-20-18-16-14-12-10-8-7-9-11-13-15-17-19-21-23-30(26-3,27-4)29-6-2/h5H,1,6-23H2,2-4H3. The Morgan fingerprint density at radius 3 is 1.50 bits per heavy atom. The second-order valence-corrected chi connectivity index (χ2v) is 10.9. The summed E-state index contributed by atoms with van der Waals surface area (Å²) in [7, 11) is 1.03. The van der Waals surface area contributed by atoms with Gasteiger partial charge in [-0.2, -0.15) is 0 Å². The highest BCUT2D eigenvalue weighted by molar-refractivity contribution is 6.60. The molecule has 0 N–H and O–H groups in total. The Kier molecular flexibility index (Phi) is 21.0. The summed E-state index contributed by atoms with van der Waals surface area (Å²) in [6.45, 7) is 6.57. The van der Waals surface area contributed by atoms with E-state index in [1.54, 1.807) is 14.2 Å². The van der Waals surface area contributed by atoms with E-state index >= 15 is 0 Å². The van der Waals surface area contributed by atoms with Crippen LogP contribution in [-0.2, 0) is 22.8 Å². The van der Waals surface area contributed by atoms with Crippen LogP contribution in [0.4, 0.5) is 0 Å². The normalized spacial score (nSPS) is 11.6. The first-order valence-corrected chi connectivity index (χ1v) is 14.1. The minimum Gasteiger partial charge on any atom is -0.463 e. The smallest absolute Gasteiger partial charge is 0.463 e. The Labute approximate surface area is 187 Å². The molecule has 0 atom stereocenters. The van der Waals surface area contributed by atoms with Crippen LogP contribution in [0.25, 0.3) is 0 Å². The number of ether oxygens (including phenoxy) is 1. The molecule has 0 aromatic carbocycles. The van der Waals surface area contributed by atoms with Crippen LogP contribution in [-0.4, -0.2) is 42.2 Å². The first-order chi connectivity index (χ1) is 14.6. The number of hydrogen-bond donors (Lipinski definition) is 0. The molecular weight excluding hydrogens is 396 g/mol. The molecule has 0 bridgehead atoms. The second kappa shape index (κ2) is 21.5. The van der Waals surface area contributed by atoms with Crippen LogP contribution in [0.15, 0.2) is 12.7 Å². The van der Waals surface area contributed by atoms with Gasteiger partial charge in [0.05, 0.1) is 6.61 Å². The second-order valence-electron chi connectivity index (χ2n) is 7.95. The highest BCUT2D eigenvalue weighted by Crippen LogP contribution is 2.19. The van der Waals surface area contributed by atoms with E-state index < -0.39 is 8.80 Å². The molecule has 30 heavy (non-hydrogen) atoms. The van der Waals surface area contributed by atoms with Gasteiger partial charge in [0, 0.05) is 32.9 Å². The number of unbranched alkanes of at least 4 members (excludes halogenated alkanes) is 14. The van der Waals surface area contributed by atoms with Crippen LogP contribution < -0.4 is 0 Å². The molecule has 0 saturated heterocycles. The van der Waals surface area contributed by atoms with Gasteiger partial charge in [-0.25, -0.2) is 4.79 Å². The van der Waals surface area contributed by atoms with Gasteiger partial charge in [-0.1, -0.05) is 90.0 Å². The largest absolute Gasteiger partial charge is 0.500 e. The number of carbonyl (C=O) groups excluding carboxylic acids is 1. The molecule has 5 nitrogen and oxygen atoms in total. The van der Waals surface area contributed by atoms with Crippen LogP contribution in [0.2, 0.25) is 6.04 Å². The van der Waals surface area contributed by atoms with Gasteiger partial charge in [0.2, 0.25) is 0 Å². The van der Waals surface area contributed by atoms with Crippen molar-refractivity contribution in [3.8, 4) is 0 Å². The van der Waals surface area contributed by atoms with E-state index in [0.717, 1.165) is 25.3 Å². The molecule has 0 amide bonds. The summed E-state index contributed by atoms with van der Waals surface area (Å²) in [5.41, 5.74) is 0. The van der Waals surface area contributed by atoms with Crippen molar-refractivity contribution in [2.24, 2.45) is 0 Å². The Hall–Kier alpha value is -0.693. The Bertz CT molecular complexity index is 399. The summed E-state index contributed by atoms with van der Waals surface area (Å²) in [6, 6.07) is 0.927. The summed E-state index contributed by atoms with van der Waals surface area (Å²) in [5.74, 6) is -0.311. The molecule has 6 heteroatoms. The topological polar surface area (TPSA) is 54.0 Å². The Balaban J connectivity index is 3.28. The fourth-order valence-corrected chi connectivity index (χ4v) is 5.75. The van der Waals surface area contributed by atoms with Crippen molar-refractivity contribution in [3.63, 3.8) is 0 Å². The van der Waals surface area contributed by atoms with Crippen LogP contribution >= 0.6 is 0 Å². The fraction of sp³-hybridized carbons (Fsp3) is 0.875. The van der Waals surface area contributed by atoms with Gasteiger partial charge in [0.15, 0.2) is 0 Å². The minimum absolute atomic E-state index is 0.311. The van der Waals surface area contributed by atoms with Gasteiger partial charge in [0.1, 0.15) is 0 Å². The molecule has 0 saturated carbocycles. The van der Waals surface area contributed by atoms with Crippen LogP contribution in [0.1, 0.15) is 103 Å². The average molecular weight is 445 g/mol. The van der Waals surface area contributed by atoms with Gasteiger partial charge < -0.3 is 18.0 Å². The van der Waals surface area contributed by atoms with E-state index in [2.05, 4.69) is 6.58 Å². The van der Waals surface area contributed by atoms with Crippen molar-refractivity contribution in [1.82, 2.24) is 0 Å². The molecule has 0 aliphatic carbocycles. The predicted octanol–water partition coefficient (Wildman–Crippen LogP) is 6.84. The van der Waals surface area contributed by atoms with Crippen molar-refractivity contribution in [2.45, 2.75) is 109 Å². The van der Waals surface area contributed by atoms with Crippen LogP contribution in [0.3, 0.4) is 0 Å². The lowest BCUT2D eigenvalue weighted by Crippen LogP contribution is -2.43. The van der Waals surface area contributed by atoms with Crippen molar-refractivity contribution in [1.29, 1.82) is 0 Å². The maximum Gasteiger partial charge on any atom is 0.500 e. The lowest BCUT2D eigenvalue weighted by Gasteiger charge is -2.25. The number of esters is 1. The molecule has 0 aromatic rings. The van der Waals surface area contributed by atoms with E-state index in [9.17, 15) is 4.79 Å². The average Bonchev–Trinajstić information content (AvgIpc) is 2.77. The summed E-state index contributed by atoms with van der Waals surface area (Å²) < 4.78 is 21.8. The van der Waals surface area contributed by atoms with Gasteiger partial charge in [0.25, 0.3) is 0 Å². The first-order valence-electron chi connectivity index (χ1n) is 12.2. The summed E-state index contributed by atoms with van der Waals surface area (Å²) >= 11 is 0. The van der Waals surface area contributed by atoms with Gasteiger partial charge in [-0.05, 0) is 19.8 Å². The van der Waals surface area contributed by atoms with E-state index in [1.807, 2.05) is 6.92 Å². The van der Waals surface area contributed by atoms with Crippen molar-refractivity contribution in [3.05, 3.63) is 12.7 Å². The SMILES string of the molecule is C=CC(=O)OCCCCCCCCCCCCCCCCC[Si](OC)(OC)OCC. The number of rotatable bonds is 23. The molecule has 0 rings (SSSR count). The Morgan fingerprint density at radius 1 is 0.733 bits per heavy atom. The molecule has 0 heterocycles. The van der Waals surface area contributed by atoms with Gasteiger partial charge in [-0.3, -0.25) is 0 Å². The summed E-state index contributed by atoms with van der Waals surface area (Å²) in [6.07, 6.45) is 20.4. The van der Waals surface area contributed by atoms with Crippen molar-refractivity contribution >= 4 is 14.8 Å². The van der Waals surface area contributed by atoms with Crippen molar-refractivity contribution < 1.29 is 22.8 Å². The monoisotopic (exact) mass is 444 g/mol. The molecule has 0 radical (unpaired) electrons. The molecule has 0 aliphatic rings. The fourth-order valence-electron chi connectivity index (χ4n) is 3.67. The lowest BCUT2D eigenvalue weighted by molar-refractivity contribution is -0.137. The maximum atomic E-state index is 10.9. The Morgan fingerprint density at radius 2 is 1.13 bits per heavy atom. The molecule has 0 spiro atoms. The molecule has 0 fully saturated rings. The maximum absolute atomic E-state index is 10.9. The number of hydrogen-bond acceptors (Lipinski definition) is 5. The van der Waals surface area contributed by atoms with E-state index in [4.69, 9.17) is 18.0 Å². The molecule has 0 aromatic heterocycles. The first kappa shape index (κ1) is 29.3. The van der Waals surface area contributed by atoms with E-state index in [-0.39, 0.29) is 5.97 Å². The predicted molar refractivity (Wildman–Crippen MR) is 127 cm³/mol. The molecule has 0 unspecified atom stereocenters. The van der Waals surface area contributed by atoms with Gasteiger partial charge in [-0.15, -0.1) is 0 Å². The van der Waals surface area contributed by atoms with Crippen LogP contribution in [0, 0.1) is 0 Å². The van der Waals surface area contributed by atoms with E-state index in [0.29, 0.717) is 13.2 Å². The minimum atomic E-state index is -2.38. The molecular formula is C24H48O5Si. The third kappa shape index (κ3) is 17.0. The third-order valence-electron chi connectivity index (χ3n) is 5.52. The zero-order valence-corrected chi connectivity index (χ0v) is 21.1. The lowest BCUT2D eigenvalue weighted by atomic mass is 10.0. The quantitative estimate of drug-likeness (QED) is 0.0747. The summed E-state index contributed by atoms with van der Waals surface area (Å²) in [5, 5.41) is 0. The molecule has 0 aliphatic heterocycles. The molecule has 178 valence electrons. The highest BCUT2D eigenvalue weighted by atomic mass is 28.4. The zero-order chi connectivity index (χ0) is 22.3. The number of carbonyl (C=O) groups is 1. The van der Waals surface area contributed by atoms with Crippen LogP contribution in [0.5, 0.6) is 0 Å². The third-order valence-corrected chi connectivity index (χ3v) is 8.46.